The van der Waals surface area contributed by atoms with E-state index in [1.165, 1.54) is 0 Å². The summed E-state index contributed by atoms with van der Waals surface area (Å²) < 4.78 is 26.7. The van der Waals surface area contributed by atoms with Gasteiger partial charge in [0.2, 0.25) is 10.0 Å². The first-order valence-corrected chi connectivity index (χ1v) is 8.51. The third-order valence-corrected chi connectivity index (χ3v) is 4.38. The minimum absolute atomic E-state index is 0.000769. The highest BCUT2D eigenvalue weighted by atomic mass is 32.2. The van der Waals surface area contributed by atoms with Crippen molar-refractivity contribution in [2.45, 2.75) is 27.2 Å². The summed E-state index contributed by atoms with van der Waals surface area (Å²) in [5, 5.41) is 6.76. The van der Waals surface area contributed by atoms with Gasteiger partial charge in [0.25, 0.3) is 0 Å². The van der Waals surface area contributed by atoms with Gasteiger partial charge >= 0.3 is 0 Å². The van der Waals surface area contributed by atoms with Gasteiger partial charge < -0.3 is 0 Å². The summed E-state index contributed by atoms with van der Waals surface area (Å²) in [5.74, 6) is 0.124. The third kappa shape index (κ3) is 4.90. The minimum Gasteiger partial charge on any atom is -0.284 e. The fourth-order valence-corrected chi connectivity index (χ4v) is 3.28. The number of benzene rings is 1. The molecule has 0 bridgehead atoms. The quantitative estimate of drug-likeness (QED) is 0.890. The van der Waals surface area contributed by atoms with Crippen LogP contribution in [0.15, 0.2) is 36.5 Å². The summed E-state index contributed by atoms with van der Waals surface area (Å²) in [6.45, 7) is 6.09. The standard InChI is InChI=1S/C15H21N3O2S/c1-15(2,3)9-11-21(19,20)18-13-6-4-12(5-7-13)14-8-10-16-17-14/h4-8,10,18H,9,11H2,1-3H3,(H,16,17). The van der Waals surface area contributed by atoms with Gasteiger partial charge in [-0.1, -0.05) is 32.9 Å². The molecule has 6 heteroatoms. The molecule has 0 fully saturated rings. The normalized spacial score (nSPS) is 12.3. The molecule has 0 aliphatic carbocycles. The van der Waals surface area contributed by atoms with Crippen LogP contribution in [-0.4, -0.2) is 24.4 Å². The van der Waals surface area contributed by atoms with Crippen molar-refractivity contribution in [2.75, 3.05) is 10.5 Å². The first kappa shape index (κ1) is 15.6. The SMILES string of the molecule is CC(C)(C)CCS(=O)(=O)Nc1ccc(-c2ccn[nH]2)cc1. The van der Waals surface area contributed by atoms with Crippen LogP contribution in [0.3, 0.4) is 0 Å². The number of anilines is 1. The maximum atomic E-state index is 12.0. The van der Waals surface area contributed by atoms with Crippen LogP contribution in [0.5, 0.6) is 0 Å². The number of aromatic amines is 1. The fourth-order valence-electron chi connectivity index (χ4n) is 1.81. The monoisotopic (exact) mass is 307 g/mol. The molecule has 1 heterocycles. The highest BCUT2D eigenvalue weighted by Crippen LogP contribution is 2.22. The maximum absolute atomic E-state index is 12.0. The Balaban J connectivity index is 2.03. The summed E-state index contributed by atoms with van der Waals surface area (Å²) in [4.78, 5) is 0. The zero-order valence-electron chi connectivity index (χ0n) is 12.6. The van der Waals surface area contributed by atoms with Gasteiger partial charge in [-0.25, -0.2) is 8.42 Å². The number of nitrogens with one attached hydrogen (secondary N) is 2. The molecule has 5 nitrogen and oxygen atoms in total. The number of rotatable bonds is 5. The van der Waals surface area contributed by atoms with Gasteiger partial charge in [-0.2, -0.15) is 5.10 Å². The van der Waals surface area contributed by atoms with E-state index in [0.717, 1.165) is 11.3 Å². The molecule has 0 unspecified atom stereocenters. The van der Waals surface area contributed by atoms with Crippen molar-refractivity contribution >= 4 is 15.7 Å². The zero-order chi connectivity index (χ0) is 15.5. The molecular weight excluding hydrogens is 286 g/mol. The predicted molar refractivity (Wildman–Crippen MR) is 85.5 cm³/mol. The van der Waals surface area contributed by atoms with E-state index in [-0.39, 0.29) is 11.2 Å². The topological polar surface area (TPSA) is 74.8 Å². The van der Waals surface area contributed by atoms with Gasteiger partial charge in [0.15, 0.2) is 0 Å². The van der Waals surface area contributed by atoms with Gasteiger partial charge in [-0.3, -0.25) is 9.82 Å². The summed E-state index contributed by atoms with van der Waals surface area (Å²) in [6.07, 6.45) is 2.30. The molecule has 21 heavy (non-hydrogen) atoms. The predicted octanol–water partition coefficient (Wildman–Crippen LogP) is 3.25. The van der Waals surface area contributed by atoms with Crippen LogP contribution in [0.1, 0.15) is 27.2 Å². The molecular formula is C15H21N3O2S. The second-order valence-electron chi connectivity index (χ2n) is 6.28. The van der Waals surface area contributed by atoms with Crippen LogP contribution >= 0.6 is 0 Å². The molecule has 114 valence electrons. The molecule has 0 radical (unpaired) electrons. The summed E-state index contributed by atoms with van der Waals surface area (Å²) >= 11 is 0. The summed E-state index contributed by atoms with van der Waals surface area (Å²) in [5.41, 5.74) is 2.44. The van der Waals surface area contributed by atoms with Crippen molar-refractivity contribution in [1.29, 1.82) is 0 Å². The van der Waals surface area contributed by atoms with Gasteiger partial charge in [0, 0.05) is 11.9 Å². The van der Waals surface area contributed by atoms with E-state index < -0.39 is 10.0 Å². The van der Waals surface area contributed by atoms with Gasteiger partial charge in [-0.05, 0) is 35.6 Å². The number of H-pyrrole nitrogens is 1. The average Bonchev–Trinajstić information content (AvgIpc) is 2.90. The molecule has 0 amide bonds. The Morgan fingerprint density at radius 3 is 2.33 bits per heavy atom. The Kier molecular flexibility index (Phi) is 4.37. The van der Waals surface area contributed by atoms with Crippen molar-refractivity contribution in [2.24, 2.45) is 5.41 Å². The van der Waals surface area contributed by atoms with E-state index in [2.05, 4.69) is 14.9 Å². The first-order chi connectivity index (χ1) is 9.75. The second-order valence-corrected chi connectivity index (χ2v) is 8.12. The molecule has 0 spiro atoms. The summed E-state index contributed by atoms with van der Waals surface area (Å²) in [6, 6.07) is 9.09. The number of hydrogen-bond acceptors (Lipinski definition) is 3. The van der Waals surface area contributed by atoms with Gasteiger partial charge in [0.1, 0.15) is 0 Å². The van der Waals surface area contributed by atoms with E-state index in [1.54, 1.807) is 18.3 Å². The molecule has 2 aromatic rings. The third-order valence-electron chi connectivity index (χ3n) is 3.09. The highest BCUT2D eigenvalue weighted by Gasteiger charge is 2.17. The lowest BCUT2D eigenvalue weighted by Crippen LogP contribution is -2.20. The number of nitrogens with zero attached hydrogens (tertiary/aromatic N) is 1. The Bertz CT molecular complexity index is 669. The molecule has 2 N–H and O–H groups in total. The van der Waals surface area contributed by atoms with Gasteiger partial charge in [-0.15, -0.1) is 0 Å². The average molecular weight is 307 g/mol. The molecule has 0 aliphatic rings. The van der Waals surface area contributed by atoms with Crippen LogP contribution in [0.4, 0.5) is 5.69 Å². The smallest absolute Gasteiger partial charge is 0.232 e. The molecule has 0 aliphatic heterocycles. The molecule has 0 saturated heterocycles. The molecule has 0 atom stereocenters. The van der Waals surface area contributed by atoms with Crippen LogP contribution in [-0.2, 0) is 10.0 Å². The van der Waals surface area contributed by atoms with E-state index in [1.807, 2.05) is 39.0 Å². The van der Waals surface area contributed by atoms with Crippen LogP contribution < -0.4 is 4.72 Å². The Morgan fingerprint density at radius 1 is 1.14 bits per heavy atom. The Labute approximate surface area is 125 Å². The van der Waals surface area contributed by atoms with E-state index in [0.29, 0.717) is 12.1 Å². The minimum atomic E-state index is -3.30. The van der Waals surface area contributed by atoms with Crippen molar-refractivity contribution in [1.82, 2.24) is 10.2 Å². The van der Waals surface area contributed by atoms with Crippen molar-refractivity contribution in [3.63, 3.8) is 0 Å². The van der Waals surface area contributed by atoms with Crippen LogP contribution in [0, 0.1) is 5.41 Å². The molecule has 2 rings (SSSR count). The fraction of sp³-hybridized carbons (Fsp3) is 0.400. The zero-order valence-corrected chi connectivity index (χ0v) is 13.4. The first-order valence-electron chi connectivity index (χ1n) is 6.85. The molecule has 1 aromatic carbocycles. The molecule has 1 aromatic heterocycles. The van der Waals surface area contributed by atoms with E-state index in [4.69, 9.17) is 0 Å². The number of sulfonamides is 1. The van der Waals surface area contributed by atoms with Crippen molar-refractivity contribution < 1.29 is 8.42 Å². The number of aromatic nitrogens is 2. The number of hydrogen-bond donors (Lipinski definition) is 2. The Hall–Kier alpha value is -1.82. The maximum Gasteiger partial charge on any atom is 0.232 e. The lowest BCUT2D eigenvalue weighted by Gasteiger charge is -2.18. The van der Waals surface area contributed by atoms with E-state index in [9.17, 15) is 8.42 Å². The van der Waals surface area contributed by atoms with Crippen molar-refractivity contribution in [3.8, 4) is 11.3 Å². The highest BCUT2D eigenvalue weighted by molar-refractivity contribution is 7.92. The van der Waals surface area contributed by atoms with Crippen molar-refractivity contribution in [3.05, 3.63) is 36.5 Å². The molecule has 0 saturated carbocycles. The van der Waals surface area contributed by atoms with Crippen LogP contribution in [0.25, 0.3) is 11.3 Å². The van der Waals surface area contributed by atoms with E-state index >= 15 is 0 Å². The second kappa shape index (κ2) is 5.89. The lowest BCUT2D eigenvalue weighted by molar-refractivity contribution is 0.397. The largest absolute Gasteiger partial charge is 0.284 e. The summed E-state index contributed by atoms with van der Waals surface area (Å²) in [7, 11) is -3.30. The van der Waals surface area contributed by atoms with Gasteiger partial charge in [0.05, 0.1) is 11.4 Å². The lowest BCUT2D eigenvalue weighted by atomic mass is 9.94. The Morgan fingerprint density at radius 2 is 1.81 bits per heavy atom. The van der Waals surface area contributed by atoms with Crippen LogP contribution in [0.2, 0.25) is 0 Å².